The standard InChI is InChI=1S/C25H27N3O5S/c1-17-24(18(2)33-26-17)34(30,31)27-12-13-32-23-11-8-19(14-21(23)16-27)15-28(25(29)20-9-10-20)22-6-4-3-5-7-22/h3-8,11,14,20H,9-10,12-13,15-16H2,1-2H3. The number of rotatable bonds is 6. The van der Waals surface area contributed by atoms with Gasteiger partial charge in [0, 0.05) is 30.3 Å². The first-order valence-corrected chi connectivity index (χ1v) is 12.8. The number of ether oxygens (including phenoxy) is 1. The quantitative estimate of drug-likeness (QED) is 0.531. The van der Waals surface area contributed by atoms with E-state index in [0.717, 1.165) is 29.7 Å². The predicted molar refractivity (Wildman–Crippen MR) is 126 cm³/mol. The Balaban J connectivity index is 1.44. The van der Waals surface area contributed by atoms with E-state index in [4.69, 9.17) is 9.26 Å². The van der Waals surface area contributed by atoms with Crippen LogP contribution in [0.25, 0.3) is 0 Å². The SMILES string of the molecule is Cc1noc(C)c1S(=O)(=O)N1CCOc2ccc(CN(C(=O)C3CC3)c3ccccc3)cc2C1. The molecule has 0 radical (unpaired) electrons. The third kappa shape index (κ3) is 4.33. The van der Waals surface area contributed by atoms with Crippen molar-refractivity contribution in [2.75, 3.05) is 18.1 Å². The van der Waals surface area contributed by atoms with Crippen molar-refractivity contribution in [2.45, 2.75) is 44.7 Å². The van der Waals surface area contributed by atoms with Crippen LogP contribution in [0.2, 0.25) is 0 Å². The molecule has 0 spiro atoms. The Labute approximate surface area is 199 Å². The molecular formula is C25H27N3O5S. The molecular weight excluding hydrogens is 454 g/mol. The molecule has 9 heteroatoms. The highest BCUT2D eigenvalue weighted by molar-refractivity contribution is 7.89. The van der Waals surface area contributed by atoms with Gasteiger partial charge in [0.05, 0.1) is 6.54 Å². The summed E-state index contributed by atoms with van der Waals surface area (Å²) in [5, 5.41) is 3.81. The second-order valence-electron chi connectivity index (χ2n) is 8.82. The minimum Gasteiger partial charge on any atom is -0.492 e. The number of amides is 1. The Kier molecular flexibility index (Phi) is 5.91. The molecule has 2 aliphatic rings. The molecule has 34 heavy (non-hydrogen) atoms. The lowest BCUT2D eigenvalue weighted by atomic mass is 10.1. The number of nitrogens with zero attached hydrogens (tertiary/aromatic N) is 3. The number of anilines is 1. The van der Waals surface area contributed by atoms with Gasteiger partial charge in [-0.3, -0.25) is 4.79 Å². The van der Waals surface area contributed by atoms with E-state index in [9.17, 15) is 13.2 Å². The fourth-order valence-corrected chi connectivity index (χ4v) is 6.03. The maximum atomic E-state index is 13.4. The summed E-state index contributed by atoms with van der Waals surface area (Å²) in [4.78, 5) is 15.0. The lowest BCUT2D eigenvalue weighted by Gasteiger charge is -2.24. The van der Waals surface area contributed by atoms with E-state index >= 15 is 0 Å². The van der Waals surface area contributed by atoms with E-state index in [1.807, 2.05) is 53.4 Å². The molecule has 1 fully saturated rings. The van der Waals surface area contributed by atoms with E-state index in [1.165, 1.54) is 4.31 Å². The fourth-order valence-electron chi connectivity index (χ4n) is 4.34. The number of hydrogen-bond acceptors (Lipinski definition) is 6. The molecule has 1 aliphatic carbocycles. The molecule has 1 amide bonds. The number of sulfonamides is 1. The molecule has 8 nitrogen and oxygen atoms in total. The first kappa shape index (κ1) is 22.6. The van der Waals surface area contributed by atoms with Gasteiger partial charge in [0.2, 0.25) is 15.9 Å². The summed E-state index contributed by atoms with van der Waals surface area (Å²) in [7, 11) is -3.81. The predicted octanol–water partition coefficient (Wildman–Crippen LogP) is 3.82. The van der Waals surface area contributed by atoms with Gasteiger partial charge in [-0.25, -0.2) is 8.42 Å². The first-order chi connectivity index (χ1) is 16.3. The van der Waals surface area contributed by atoms with Crippen molar-refractivity contribution in [3.63, 3.8) is 0 Å². The number of hydrogen-bond donors (Lipinski definition) is 0. The number of fused-ring (bicyclic) bond motifs is 1. The maximum Gasteiger partial charge on any atom is 0.248 e. The molecule has 2 aromatic carbocycles. The molecule has 2 heterocycles. The van der Waals surface area contributed by atoms with Gasteiger partial charge in [0.25, 0.3) is 0 Å². The number of carbonyl (C=O) groups is 1. The Morgan fingerprint density at radius 1 is 1.15 bits per heavy atom. The summed E-state index contributed by atoms with van der Waals surface area (Å²) in [5.41, 5.74) is 2.87. The number of carbonyl (C=O) groups excluding carboxylic acids is 1. The third-order valence-corrected chi connectivity index (χ3v) is 8.33. The van der Waals surface area contributed by atoms with Crippen LogP contribution in [-0.2, 0) is 27.9 Å². The Morgan fingerprint density at radius 2 is 1.91 bits per heavy atom. The minimum atomic E-state index is -3.81. The highest BCUT2D eigenvalue weighted by atomic mass is 32.2. The largest absolute Gasteiger partial charge is 0.492 e. The van der Waals surface area contributed by atoms with Crippen molar-refractivity contribution in [1.82, 2.24) is 9.46 Å². The molecule has 1 aliphatic heterocycles. The van der Waals surface area contributed by atoms with E-state index in [1.54, 1.807) is 13.8 Å². The van der Waals surface area contributed by atoms with Gasteiger partial charge in [0.1, 0.15) is 22.9 Å². The summed E-state index contributed by atoms with van der Waals surface area (Å²) in [5.74, 6) is 1.13. The van der Waals surface area contributed by atoms with Crippen LogP contribution in [0.1, 0.15) is 35.4 Å². The minimum absolute atomic E-state index is 0.0834. The zero-order chi connectivity index (χ0) is 23.9. The zero-order valence-corrected chi connectivity index (χ0v) is 20.0. The zero-order valence-electron chi connectivity index (χ0n) is 19.2. The fraction of sp³-hybridized carbons (Fsp3) is 0.360. The normalized spacial score (nSPS) is 16.4. The van der Waals surface area contributed by atoms with Crippen molar-refractivity contribution >= 4 is 21.6 Å². The Bertz CT molecular complexity index is 1300. The summed E-state index contributed by atoms with van der Waals surface area (Å²) in [6.07, 6.45) is 1.85. The van der Waals surface area contributed by atoms with Crippen LogP contribution in [0.15, 0.2) is 57.9 Å². The summed E-state index contributed by atoms with van der Waals surface area (Å²) >= 11 is 0. The maximum absolute atomic E-state index is 13.4. The molecule has 1 aromatic heterocycles. The molecule has 1 saturated carbocycles. The lowest BCUT2D eigenvalue weighted by molar-refractivity contribution is -0.119. The van der Waals surface area contributed by atoms with Crippen LogP contribution in [0, 0.1) is 19.8 Å². The van der Waals surface area contributed by atoms with Gasteiger partial charge < -0.3 is 14.2 Å². The summed E-state index contributed by atoms with van der Waals surface area (Å²) in [6, 6.07) is 15.4. The molecule has 5 rings (SSSR count). The second kappa shape index (κ2) is 8.88. The van der Waals surface area contributed by atoms with Crippen LogP contribution in [0.3, 0.4) is 0 Å². The van der Waals surface area contributed by atoms with E-state index < -0.39 is 10.0 Å². The van der Waals surface area contributed by atoms with Crippen molar-refractivity contribution in [3.8, 4) is 5.75 Å². The van der Waals surface area contributed by atoms with E-state index in [2.05, 4.69) is 5.16 Å². The molecule has 178 valence electrons. The average molecular weight is 482 g/mol. The van der Waals surface area contributed by atoms with Gasteiger partial charge in [-0.15, -0.1) is 0 Å². The van der Waals surface area contributed by atoms with Gasteiger partial charge in [-0.05, 0) is 56.5 Å². The van der Waals surface area contributed by atoms with Gasteiger partial charge in [0.15, 0.2) is 5.76 Å². The highest BCUT2D eigenvalue weighted by Crippen LogP contribution is 2.34. The number of aromatic nitrogens is 1. The van der Waals surface area contributed by atoms with Gasteiger partial charge in [-0.2, -0.15) is 4.31 Å². The van der Waals surface area contributed by atoms with Crippen LogP contribution in [0.5, 0.6) is 5.75 Å². The third-order valence-electron chi connectivity index (χ3n) is 6.24. The van der Waals surface area contributed by atoms with Crippen molar-refractivity contribution < 1.29 is 22.5 Å². The Hall–Kier alpha value is -3.17. The first-order valence-electron chi connectivity index (χ1n) is 11.4. The molecule has 0 saturated heterocycles. The molecule has 0 N–H and O–H groups in total. The number of benzene rings is 2. The van der Waals surface area contributed by atoms with Gasteiger partial charge >= 0.3 is 0 Å². The highest BCUT2D eigenvalue weighted by Gasteiger charge is 2.35. The number of para-hydroxylation sites is 1. The topological polar surface area (TPSA) is 92.9 Å². The van der Waals surface area contributed by atoms with Crippen LogP contribution in [-0.4, -0.2) is 36.9 Å². The summed E-state index contributed by atoms with van der Waals surface area (Å²) in [6.45, 7) is 4.25. The lowest BCUT2D eigenvalue weighted by Crippen LogP contribution is -2.33. The van der Waals surface area contributed by atoms with Crippen molar-refractivity contribution in [3.05, 3.63) is 71.1 Å². The monoisotopic (exact) mass is 481 g/mol. The van der Waals surface area contributed by atoms with Crippen LogP contribution in [0.4, 0.5) is 5.69 Å². The van der Waals surface area contributed by atoms with Crippen LogP contribution >= 0.6 is 0 Å². The van der Waals surface area contributed by atoms with E-state index in [-0.39, 0.29) is 42.2 Å². The number of aryl methyl sites for hydroxylation is 2. The van der Waals surface area contributed by atoms with E-state index in [0.29, 0.717) is 18.0 Å². The molecule has 0 atom stereocenters. The average Bonchev–Trinajstić information content (AvgIpc) is 3.64. The second-order valence-corrected chi connectivity index (χ2v) is 10.7. The van der Waals surface area contributed by atoms with Crippen LogP contribution < -0.4 is 9.64 Å². The molecule has 3 aromatic rings. The van der Waals surface area contributed by atoms with Gasteiger partial charge in [-0.1, -0.05) is 29.4 Å². The summed E-state index contributed by atoms with van der Waals surface area (Å²) < 4.78 is 39.1. The smallest absolute Gasteiger partial charge is 0.248 e. The van der Waals surface area contributed by atoms with Crippen molar-refractivity contribution in [1.29, 1.82) is 0 Å². The molecule has 0 unspecified atom stereocenters. The Morgan fingerprint density at radius 3 is 2.59 bits per heavy atom. The van der Waals surface area contributed by atoms with Crippen molar-refractivity contribution in [2.24, 2.45) is 5.92 Å². The molecule has 0 bridgehead atoms.